The summed E-state index contributed by atoms with van der Waals surface area (Å²) in [5, 5.41) is 18.4. The van der Waals surface area contributed by atoms with Gasteiger partial charge in [0.1, 0.15) is 29.1 Å². The number of rotatable bonds is 7. The Balaban J connectivity index is 1.09. The highest BCUT2D eigenvalue weighted by molar-refractivity contribution is 9.09. The monoisotopic (exact) mass is 810 g/mol. The maximum atomic E-state index is 11.5. The first-order valence-electron chi connectivity index (χ1n) is 19.1. The van der Waals surface area contributed by atoms with E-state index in [-0.39, 0.29) is 49.1 Å². The van der Waals surface area contributed by atoms with Crippen molar-refractivity contribution in [3.8, 4) is 11.5 Å². The van der Waals surface area contributed by atoms with Crippen LogP contribution in [0.2, 0.25) is 0 Å². The molecular formula is C46H48BrClO6. The van der Waals surface area contributed by atoms with Gasteiger partial charge in [-0.1, -0.05) is 81.7 Å². The van der Waals surface area contributed by atoms with Gasteiger partial charge in [0.2, 0.25) is 0 Å². The lowest BCUT2D eigenvalue weighted by molar-refractivity contribution is 0.0686. The summed E-state index contributed by atoms with van der Waals surface area (Å²) in [6, 6.07) is 23.1. The van der Waals surface area contributed by atoms with Crippen molar-refractivity contribution >= 4 is 39.5 Å². The lowest BCUT2D eigenvalue weighted by Crippen LogP contribution is -2.40. The van der Waals surface area contributed by atoms with Crippen molar-refractivity contribution in [2.75, 3.05) is 0 Å². The Labute approximate surface area is 331 Å². The van der Waals surface area contributed by atoms with Gasteiger partial charge in [-0.05, 0) is 142 Å². The van der Waals surface area contributed by atoms with E-state index in [2.05, 4.69) is 81.7 Å². The zero-order chi connectivity index (χ0) is 38.5. The van der Waals surface area contributed by atoms with Gasteiger partial charge in [0.25, 0.3) is 0 Å². The Bertz CT molecular complexity index is 2170. The third kappa shape index (κ3) is 6.05. The Morgan fingerprint density at radius 3 is 1.56 bits per heavy atom. The molecule has 6 unspecified atom stereocenters. The molecule has 0 spiro atoms. The van der Waals surface area contributed by atoms with Crippen LogP contribution >= 0.6 is 27.5 Å². The molecule has 0 fully saturated rings. The highest BCUT2D eigenvalue weighted by atomic mass is 79.9. The maximum absolute atomic E-state index is 11.5. The predicted molar refractivity (Wildman–Crippen MR) is 215 cm³/mol. The van der Waals surface area contributed by atoms with Crippen LogP contribution in [-0.2, 0) is 21.7 Å². The third-order valence-corrected chi connectivity index (χ3v) is 14.9. The van der Waals surface area contributed by atoms with Crippen LogP contribution in [0.3, 0.4) is 0 Å². The minimum absolute atomic E-state index is 0.0174. The molecule has 0 amide bonds. The average molecular weight is 812 g/mol. The molecule has 0 bridgehead atoms. The van der Waals surface area contributed by atoms with E-state index in [0.29, 0.717) is 0 Å². The largest absolute Gasteiger partial charge is 0.484 e. The van der Waals surface area contributed by atoms with Crippen LogP contribution in [0.4, 0.5) is 0 Å². The van der Waals surface area contributed by atoms with Crippen LogP contribution in [0.1, 0.15) is 168 Å². The lowest BCUT2D eigenvalue weighted by Gasteiger charge is -2.48. The summed E-state index contributed by atoms with van der Waals surface area (Å²) in [5.41, 5.74) is 9.82. The van der Waals surface area contributed by atoms with Gasteiger partial charge >= 0.3 is 11.9 Å². The first-order chi connectivity index (χ1) is 25.4. The van der Waals surface area contributed by atoms with Gasteiger partial charge in [0, 0.05) is 11.1 Å². The second-order valence-corrected chi connectivity index (χ2v) is 19.5. The van der Waals surface area contributed by atoms with Crippen molar-refractivity contribution in [1.82, 2.24) is 0 Å². The molecule has 4 aromatic carbocycles. The Morgan fingerprint density at radius 1 is 0.630 bits per heavy atom. The van der Waals surface area contributed by atoms with Crippen molar-refractivity contribution in [2.45, 2.75) is 124 Å². The Hall–Kier alpha value is -3.81. The molecule has 54 heavy (non-hydrogen) atoms. The number of carbonyl (C=O) groups is 2. The highest BCUT2D eigenvalue weighted by Crippen LogP contribution is 2.59. The fourth-order valence-corrected chi connectivity index (χ4v) is 10.7. The molecule has 6 atom stereocenters. The number of aromatic carboxylic acids is 2. The number of hydrogen-bond acceptors (Lipinski definition) is 4. The fraction of sp³-hybridized carbons (Fsp3) is 0.435. The number of benzene rings is 4. The van der Waals surface area contributed by atoms with Gasteiger partial charge in [-0.2, -0.15) is 0 Å². The number of alkyl halides is 2. The van der Waals surface area contributed by atoms with Crippen LogP contribution in [0.25, 0.3) is 0 Å². The van der Waals surface area contributed by atoms with E-state index in [1.165, 1.54) is 22.3 Å². The summed E-state index contributed by atoms with van der Waals surface area (Å²) >= 11 is 11.2. The summed E-state index contributed by atoms with van der Waals surface area (Å²) in [5.74, 6) is -0.168. The molecule has 0 saturated carbocycles. The van der Waals surface area contributed by atoms with Gasteiger partial charge in [-0.25, -0.2) is 9.59 Å². The quantitative estimate of drug-likeness (QED) is 0.181. The number of carboxylic acids is 2. The van der Waals surface area contributed by atoms with Crippen LogP contribution in [0, 0.1) is 0 Å². The summed E-state index contributed by atoms with van der Waals surface area (Å²) < 4.78 is 13.2. The van der Waals surface area contributed by atoms with Crippen LogP contribution in [-0.4, -0.2) is 22.2 Å². The minimum Gasteiger partial charge on any atom is -0.484 e. The molecule has 8 heteroatoms. The second-order valence-electron chi connectivity index (χ2n) is 18.0. The topological polar surface area (TPSA) is 93.1 Å². The van der Waals surface area contributed by atoms with Crippen LogP contribution in [0.5, 0.6) is 11.5 Å². The maximum Gasteiger partial charge on any atom is 0.335 e. The molecule has 282 valence electrons. The summed E-state index contributed by atoms with van der Waals surface area (Å²) in [6.07, 6.45) is 5.74. The van der Waals surface area contributed by atoms with Gasteiger partial charge in [-0.3, -0.25) is 0 Å². The van der Waals surface area contributed by atoms with Crippen molar-refractivity contribution in [3.05, 3.63) is 128 Å². The second kappa shape index (κ2) is 12.9. The molecule has 0 saturated heterocycles. The minimum atomic E-state index is -0.955. The molecule has 4 aliphatic rings. The van der Waals surface area contributed by atoms with E-state index in [1.54, 1.807) is 24.3 Å². The van der Waals surface area contributed by atoms with E-state index >= 15 is 0 Å². The van der Waals surface area contributed by atoms with Crippen molar-refractivity contribution in [2.24, 2.45) is 0 Å². The third-order valence-electron chi connectivity index (χ3n) is 13.5. The molecule has 6 nitrogen and oxygen atoms in total. The van der Waals surface area contributed by atoms with E-state index in [9.17, 15) is 19.8 Å². The van der Waals surface area contributed by atoms with E-state index in [4.69, 9.17) is 21.1 Å². The van der Waals surface area contributed by atoms with Gasteiger partial charge in [-0.15, -0.1) is 11.6 Å². The molecule has 2 aliphatic carbocycles. The molecule has 0 radical (unpaired) electrons. The SMILES string of the molecule is CC1(C)CCC(C)(CCC2(C)CCC(C)(C)c3cc4c(cc32)C(Cl)C(c2ccc(C(=O)O)cc2)O4)c2cc3c(cc21)C(Br)C(c1ccc(C(=O)O)cc1)O3. The van der Waals surface area contributed by atoms with Crippen LogP contribution < -0.4 is 9.47 Å². The van der Waals surface area contributed by atoms with E-state index < -0.39 is 18.0 Å². The predicted octanol–water partition coefficient (Wildman–Crippen LogP) is 12.2. The molecular weight excluding hydrogens is 764 g/mol. The fourth-order valence-electron chi connectivity index (χ4n) is 9.56. The number of carboxylic acid groups (broad SMARTS) is 2. The van der Waals surface area contributed by atoms with Crippen LogP contribution in [0.15, 0.2) is 72.8 Å². The smallest absolute Gasteiger partial charge is 0.335 e. The Morgan fingerprint density at radius 2 is 1.04 bits per heavy atom. The van der Waals surface area contributed by atoms with Crippen molar-refractivity contribution in [1.29, 1.82) is 0 Å². The van der Waals surface area contributed by atoms with Crippen molar-refractivity contribution < 1.29 is 29.3 Å². The molecule has 2 N–H and O–H groups in total. The highest BCUT2D eigenvalue weighted by Gasteiger charge is 2.47. The first-order valence-corrected chi connectivity index (χ1v) is 20.4. The molecule has 4 aromatic rings. The number of halogens is 2. The van der Waals surface area contributed by atoms with Gasteiger partial charge in [0.15, 0.2) is 0 Å². The average Bonchev–Trinajstić information content (AvgIpc) is 3.65. The van der Waals surface area contributed by atoms with E-state index in [1.807, 2.05) is 24.3 Å². The molecule has 2 aliphatic heterocycles. The number of ether oxygens (including phenoxy) is 2. The van der Waals surface area contributed by atoms with Gasteiger partial charge < -0.3 is 19.7 Å². The molecule has 8 rings (SSSR count). The van der Waals surface area contributed by atoms with Crippen molar-refractivity contribution in [3.63, 3.8) is 0 Å². The molecule has 0 aromatic heterocycles. The standard InChI is InChI=1S/C46H48BrClO6/c1-43(2)15-18-46(6,34-24-35-29(21-31(34)43)37(47)39(53-35)25-7-11-27(12-8-25)41(49)50)20-19-45(5)17-16-44(3,4)32-23-36-30(22-33(32)45)38(48)40(54-36)26-9-13-28(14-10-26)42(51)52/h7-14,21-24,37-40H,15-20H2,1-6H3,(H,49,50)(H,51,52). The lowest BCUT2D eigenvalue weighted by atomic mass is 9.56. The first kappa shape index (κ1) is 37.1. The zero-order valence-corrected chi connectivity index (χ0v) is 34.1. The number of hydrogen-bond donors (Lipinski definition) is 2. The van der Waals surface area contributed by atoms with Gasteiger partial charge in [0.05, 0.1) is 16.0 Å². The Kier molecular flexibility index (Phi) is 8.85. The zero-order valence-electron chi connectivity index (χ0n) is 31.8. The normalized spacial score (nSPS) is 28.5. The summed E-state index contributed by atoms with van der Waals surface area (Å²) in [4.78, 5) is 22.9. The molecule has 2 heterocycles. The summed E-state index contributed by atoms with van der Waals surface area (Å²) in [6.45, 7) is 14.3. The van der Waals surface area contributed by atoms with E-state index in [0.717, 1.165) is 72.3 Å². The number of fused-ring (bicyclic) bond motifs is 4. The summed E-state index contributed by atoms with van der Waals surface area (Å²) in [7, 11) is 0.